The molecule has 0 aliphatic carbocycles. The van der Waals surface area contributed by atoms with E-state index in [2.05, 4.69) is 15.6 Å². The fraction of sp³-hybridized carbons (Fsp3) is 0.0909. The van der Waals surface area contributed by atoms with Crippen LogP contribution in [0.5, 0.6) is 0 Å². The van der Waals surface area contributed by atoms with Gasteiger partial charge >= 0.3 is 0 Å². The van der Waals surface area contributed by atoms with Crippen molar-refractivity contribution in [3.05, 3.63) is 80.4 Å². The molecule has 2 aromatic carbocycles. The molecule has 10 heteroatoms. The van der Waals surface area contributed by atoms with Crippen molar-refractivity contribution < 1.29 is 18.9 Å². The summed E-state index contributed by atoms with van der Waals surface area (Å²) in [6.45, 7) is 3.38. The van der Waals surface area contributed by atoms with Gasteiger partial charge < -0.3 is 21.4 Å². The fourth-order valence-electron chi connectivity index (χ4n) is 3.66. The van der Waals surface area contributed by atoms with Gasteiger partial charge in [-0.2, -0.15) is 0 Å². The number of hydrogen-bond donors (Lipinski definition) is 4. The number of amides is 2. The van der Waals surface area contributed by atoms with Crippen LogP contribution in [-0.4, -0.2) is 21.7 Å². The summed E-state index contributed by atoms with van der Waals surface area (Å²) in [5, 5.41) is 16.3. The highest BCUT2D eigenvalue weighted by Crippen LogP contribution is 2.34. The largest absolute Gasteiger partial charge is 0.397 e. The Balaban J connectivity index is 1.69. The van der Waals surface area contributed by atoms with Crippen LogP contribution >= 0.6 is 0 Å². The van der Waals surface area contributed by atoms with Crippen molar-refractivity contribution >= 4 is 46.2 Å². The Morgan fingerprint density at radius 2 is 1.97 bits per heavy atom. The van der Waals surface area contributed by atoms with E-state index in [0.29, 0.717) is 33.8 Å². The number of nitrogens with zero attached hydrogens (tertiary/aromatic N) is 1. The van der Waals surface area contributed by atoms with Gasteiger partial charge in [-0.25, -0.2) is 4.39 Å². The first-order chi connectivity index (χ1) is 15.2. The summed E-state index contributed by atoms with van der Waals surface area (Å²) in [4.78, 5) is 38.8. The minimum atomic E-state index is -0.584. The van der Waals surface area contributed by atoms with Crippen LogP contribution < -0.4 is 16.4 Å². The highest BCUT2D eigenvalue weighted by Gasteiger charge is 2.26. The Bertz CT molecular complexity index is 1340. The van der Waals surface area contributed by atoms with Crippen LogP contribution in [0.1, 0.15) is 32.9 Å². The zero-order chi connectivity index (χ0) is 23.2. The van der Waals surface area contributed by atoms with Gasteiger partial charge in [-0.1, -0.05) is 0 Å². The number of halogens is 1. The molecule has 0 bridgehead atoms. The van der Waals surface area contributed by atoms with Crippen molar-refractivity contribution in [1.29, 1.82) is 0 Å². The minimum Gasteiger partial charge on any atom is -0.397 e. The molecule has 1 aliphatic rings. The van der Waals surface area contributed by atoms with Crippen LogP contribution in [0.3, 0.4) is 0 Å². The summed E-state index contributed by atoms with van der Waals surface area (Å²) in [6.07, 6.45) is 1.56. The second-order valence-electron chi connectivity index (χ2n) is 7.35. The molecular formula is C22H18FN5O4. The summed E-state index contributed by atoms with van der Waals surface area (Å²) in [7, 11) is 0. The molecule has 9 nitrogen and oxygen atoms in total. The number of aromatic amines is 1. The predicted molar refractivity (Wildman–Crippen MR) is 119 cm³/mol. The molecule has 3 aromatic rings. The number of aromatic nitrogens is 1. The van der Waals surface area contributed by atoms with Crippen molar-refractivity contribution in [3.63, 3.8) is 0 Å². The molecule has 5 N–H and O–H groups in total. The van der Waals surface area contributed by atoms with Crippen molar-refractivity contribution in [2.24, 2.45) is 0 Å². The molecule has 2 amide bonds. The average Bonchev–Trinajstić information content (AvgIpc) is 3.18. The smallest absolute Gasteiger partial charge is 0.271 e. The Morgan fingerprint density at radius 3 is 2.69 bits per heavy atom. The third-order valence-corrected chi connectivity index (χ3v) is 5.25. The van der Waals surface area contributed by atoms with E-state index in [1.54, 1.807) is 19.9 Å². The lowest BCUT2D eigenvalue weighted by Crippen LogP contribution is -2.15. The number of nitro benzene ring substituents is 1. The van der Waals surface area contributed by atoms with Crippen LogP contribution in [0.25, 0.3) is 11.6 Å². The zero-order valence-electron chi connectivity index (χ0n) is 17.1. The zero-order valence-corrected chi connectivity index (χ0v) is 17.1. The van der Waals surface area contributed by atoms with Gasteiger partial charge in [0.1, 0.15) is 5.82 Å². The number of fused-ring (bicyclic) bond motifs is 1. The first-order valence-corrected chi connectivity index (χ1v) is 9.53. The topological polar surface area (TPSA) is 143 Å². The van der Waals surface area contributed by atoms with Crippen LogP contribution in [0.2, 0.25) is 0 Å². The Kier molecular flexibility index (Phi) is 4.97. The lowest BCUT2D eigenvalue weighted by Gasteiger charge is -2.09. The molecule has 1 aromatic heterocycles. The molecule has 2 heterocycles. The number of benzene rings is 2. The molecule has 0 saturated heterocycles. The second-order valence-corrected chi connectivity index (χ2v) is 7.35. The van der Waals surface area contributed by atoms with E-state index in [1.807, 2.05) is 0 Å². The highest BCUT2D eigenvalue weighted by molar-refractivity contribution is 6.35. The number of rotatable bonds is 4. The number of H-pyrrole nitrogens is 1. The molecule has 0 saturated carbocycles. The fourth-order valence-corrected chi connectivity index (χ4v) is 3.66. The van der Waals surface area contributed by atoms with Gasteiger partial charge in [0.15, 0.2) is 0 Å². The molecule has 0 atom stereocenters. The summed E-state index contributed by atoms with van der Waals surface area (Å²) in [5.41, 5.74) is 9.01. The van der Waals surface area contributed by atoms with Crippen molar-refractivity contribution in [2.45, 2.75) is 13.8 Å². The number of hydrogen-bond acceptors (Lipinski definition) is 5. The van der Waals surface area contributed by atoms with E-state index in [-0.39, 0.29) is 28.5 Å². The molecule has 0 unspecified atom stereocenters. The summed E-state index contributed by atoms with van der Waals surface area (Å²) < 4.78 is 13.7. The van der Waals surface area contributed by atoms with E-state index >= 15 is 0 Å². The number of nitrogens with two attached hydrogens (primary N) is 1. The molecule has 0 fully saturated rings. The van der Waals surface area contributed by atoms with E-state index in [4.69, 9.17) is 5.73 Å². The van der Waals surface area contributed by atoms with Gasteiger partial charge in [-0.05, 0) is 49.8 Å². The van der Waals surface area contributed by atoms with Gasteiger partial charge in [-0.3, -0.25) is 19.7 Å². The first kappa shape index (κ1) is 20.8. The quantitative estimate of drug-likeness (QED) is 0.212. The van der Waals surface area contributed by atoms with E-state index in [0.717, 1.165) is 0 Å². The minimum absolute atomic E-state index is 0.115. The number of non-ortho nitro benzene ring substituents is 1. The molecule has 162 valence electrons. The lowest BCUT2D eigenvalue weighted by molar-refractivity contribution is -0.384. The lowest BCUT2D eigenvalue weighted by atomic mass is 10.0. The maximum absolute atomic E-state index is 13.7. The summed E-state index contributed by atoms with van der Waals surface area (Å²) >= 11 is 0. The van der Waals surface area contributed by atoms with Crippen LogP contribution in [0.4, 0.5) is 27.1 Å². The number of anilines is 3. The van der Waals surface area contributed by atoms with Gasteiger partial charge in [-0.15, -0.1) is 0 Å². The molecule has 0 radical (unpaired) electrons. The third-order valence-electron chi connectivity index (χ3n) is 5.25. The SMILES string of the molecule is Cc1[nH]c(C=C2C(=O)Nc3ccc(F)cc32)c(C)c1C(=O)Nc1cc([N+](=O)[O-])ccc1N. The average molecular weight is 435 g/mol. The van der Waals surface area contributed by atoms with E-state index in [9.17, 15) is 24.1 Å². The summed E-state index contributed by atoms with van der Waals surface area (Å²) in [6, 6.07) is 7.78. The molecule has 4 rings (SSSR count). The number of carbonyl (C=O) groups is 2. The summed E-state index contributed by atoms with van der Waals surface area (Å²) in [5.74, 6) is -1.37. The van der Waals surface area contributed by atoms with Crippen molar-refractivity contribution in [3.8, 4) is 0 Å². The number of nitro groups is 1. The first-order valence-electron chi connectivity index (χ1n) is 9.53. The van der Waals surface area contributed by atoms with Gasteiger partial charge in [0.05, 0.1) is 27.4 Å². The number of nitrogens with one attached hydrogen (secondary N) is 3. The van der Waals surface area contributed by atoms with E-state index in [1.165, 1.54) is 36.4 Å². The van der Waals surface area contributed by atoms with Gasteiger partial charge in [0, 0.05) is 34.8 Å². The highest BCUT2D eigenvalue weighted by atomic mass is 19.1. The molecule has 0 spiro atoms. The predicted octanol–water partition coefficient (Wildman–Crippen LogP) is 4.01. The normalized spacial score (nSPS) is 13.7. The molecule has 32 heavy (non-hydrogen) atoms. The van der Waals surface area contributed by atoms with Gasteiger partial charge in [0.2, 0.25) is 0 Å². The Morgan fingerprint density at radius 1 is 1.22 bits per heavy atom. The Labute approximate surface area is 181 Å². The Hall–Kier alpha value is -4.47. The number of carbonyl (C=O) groups excluding carboxylic acids is 2. The molecular weight excluding hydrogens is 417 g/mol. The standard InChI is InChI=1S/C22H18FN5O4/c1-10-18(9-15-14-7-12(23)3-6-17(14)26-21(15)29)25-11(2)20(10)22(30)27-19-8-13(28(31)32)4-5-16(19)24/h3-9,25H,24H2,1-2H3,(H,26,29)(H,27,30). The second kappa shape index (κ2) is 7.65. The third kappa shape index (κ3) is 3.58. The van der Waals surface area contributed by atoms with E-state index < -0.39 is 16.6 Å². The van der Waals surface area contributed by atoms with Crippen LogP contribution in [0, 0.1) is 29.8 Å². The van der Waals surface area contributed by atoms with Crippen LogP contribution in [-0.2, 0) is 4.79 Å². The van der Waals surface area contributed by atoms with Crippen molar-refractivity contribution in [2.75, 3.05) is 16.4 Å². The van der Waals surface area contributed by atoms with Crippen molar-refractivity contribution in [1.82, 2.24) is 4.98 Å². The number of aryl methyl sites for hydroxylation is 1. The van der Waals surface area contributed by atoms with Crippen LogP contribution in [0.15, 0.2) is 36.4 Å². The number of nitrogen functional groups attached to an aromatic ring is 1. The monoisotopic (exact) mass is 435 g/mol. The maximum Gasteiger partial charge on any atom is 0.271 e. The molecule has 1 aliphatic heterocycles. The van der Waals surface area contributed by atoms with Gasteiger partial charge in [0.25, 0.3) is 17.5 Å². The maximum atomic E-state index is 13.7.